The second kappa shape index (κ2) is 16.9. The zero-order valence-corrected chi connectivity index (χ0v) is 12.8. The van der Waals surface area contributed by atoms with Gasteiger partial charge in [0.1, 0.15) is 0 Å². The number of carbonyl (C=O) groups excluding carboxylic acids is 2. The lowest BCUT2D eigenvalue weighted by molar-refractivity contribution is -0.120. The van der Waals surface area contributed by atoms with Gasteiger partial charge in [-0.25, -0.2) is 0 Å². The molecule has 0 aromatic heterocycles. The summed E-state index contributed by atoms with van der Waals surface area (Å²) in [4.78, 5) is 21.4. The van der Waals surface area contributed by atoms with Crippen molar-refractivity contribution in [3.63, 3.8) is 0 Å². The fourth-order valence-corrected chi connectivity index (χ4v) is 1.52. The highest BCUT2D eigenvalue weighted by molar-refractivity contribution is 5.77. The Morgan fingerprint density at radius 1 is 0.842 bits per heavy atom. The Morgan fingerprint density at radius 2 is 1.26 bits per heavy atom. The molecule has 114 valence electrons. The number of hydrogen-bond donors (Lipinski definition) is 3. The molecule has 4 N–H and O–H groups in total. The normalized spacial score (nSPS) is 9.26. The number of hydrogen-bond acceptors (Lipinski definition) is 3. The molecule has 0 unspecified atom stereocenters. The molecule has 0 saturated heterocycles. The van der Waals surface area contributed by atoms with Crippen LogP contribution in [0.4, 0.5) is 0 Å². The van der Waals surface area contributed by atoms with E-state index < -0.39 is 0 Å². The maximum atomic E-state index is 10.8. The monoisotopic (exact) mass is 273 g/mol. The van der Waals surface area contributed by atoms with Gasteiger partial charge in [-0.1, -0.05) is 39.5 Å². The third-order valence-electron chi connectivity index (χ3n) is 2.49. The summed E-state index contributed by atoms with van der Waals surface area (Å²) in [5.74, 6) is -0.0408. The summed E-state index contributed by atoms with van der Waals surface area (Å²) in [6, 6.07) is 0. The van der Waals surface area contributed by atoms with Crippen LogP contribution >= 0.6 is 0 Å². The maximum Gasteiger partial charge on any atom is 0.233 e. The van der Waals surface area contributed by atoms with Crippen molar-refractivity contribution in [3.8, 4) is 0 Å². The number of carbonyl (C=O) groups is 2. The Hall–Kier alpha value is -1.10. The van der Waals surface area contributed by atoms with Crippen molar-refractivity contribution in [2.45, 2.75) is 59.3 Å². The molecule has 0 aliphatic carbocycles. The van der Waals surface area contributed by atoms with E-state index in [0.29, 0.717) is 0 Å². The van der Waals surface area contributed by atoms with Gasteiger partial charge in [-0.3, -0.25) is 9.59 Å². The molecule has 0 saturated carbocycles. The van der Waals surface area contributed by atoms with E-state index in [-0.39, 0.29) is 18.4 Å². The zero-order chi connectivity index (χ0) is 14.9. The molecule has 0 radical (unpaired) electrons. The molecule has 0 aromatic rings. The minimum atomic E-state index is -0.0830. The second-order valence-electron chi connectivity index (χ2n) is 4.16. The number of amides is 2. The summed E-state index contributed by atoms with van der Waals surface area (Å²) in [5, 5.41) is 5.52. The van der Waals surface area contributed by atoms with E-state index in [0.717, 1.165) is 38.8 Å². The molecule has 0 heterocycles. The van der Waals surface area contributed by atoms with Gasteiger partial charge in [-0.15, -0.1) is 0 Å². The Bertz CT molecular complexity index is 221. The van der Waals surface area contributed by atoms with Gasteiger partial charge in [0.15, 0.2) is 0 Å². The largest absolute Gasteiger partial charge is 0.356 e. The van der Waals surface area contributed by atoms with Crippen molar-refractivity contribution in [3.05, 3.63) is 0 Å². The van der Waals surface area contributed by atoms with Crippen LogP contribution in [-0.4, -0.2) is 31.4 Å². The van der Waals surface area contributed by atoms with Gasteiger partial charge in [0.05, 0.1) is 6.54 Å². The molecular weight excluding hydrogens is 242 g/mol. The molecule has 0 bridgehead atoms. The van der Waals surface area contributed by atoms with Gasteiger partial charge in [0, 0.05) is 20.0 Å². The van der Waals surface area contributed by atoms with Crippen molar-refractivity contribution in [1.82, 2.24) is 10.6 Å². The van der Waals surface area contributed by atoms with Crippen molar-refractivity contribution in [1.29, 1.82) is 0 Å². The summed E-state index contributed by atoms with van der Waals surface area (Å²) >= 11 is 0. The van der Waals surface area contributed by atoms with Gasteiger partial charge >= 0.3 is 0 Å². The molecule has 0 fully saturated rings. The number of nitrogens with one attached hydrogen (secondary N) is 2. The van der Waals surface area contributed by atoms with E-state index in [1.807, 2.05) is 13.8 Å². The van der Waals surface area contributed by atoms with Crippen molar-refractivity contribution >= 4 is 11.8 Å². The summed E-state index contributed by atoms with van der Waals surface area (Å²) < 4.78 is 0. The van der Waals surface area contributed by atoms with E-state index in [2.05, 4.69) is 10.6 Å². The average Bonchev–Trinajstić information content (AvgIpc) is 2.42. The van der Waals surface area contributed by atoms with E-state index in [9.17, 15) is 9.59 Å². The van der Waals surface area contributed by atoms with Gasteiger partial charge in [0.25, 0.3) is 0 Å². The average molecular weight is 273 g/mol. The fraction of sp³-hybridized carbons (Fsp3) is 0.857. The van der Waals surface area contributed by atoms with Crippen LogP contribution in [0.5, 0.6) is 0 Å². The molecule has 0 spiro atoms. The molecule has 0 aliphatic rings. The van der Waals surface area contributed by atoms with E-state index >= 15 is 0 Å². The highest BCUT2D eigenvalue weighted by Gasteiger charge is 1.96. The molecule has 5 heteroatoms. The van der Waals surface area contributed by atoms with Crippen LogP contribution in [0.2, 0.25) is 0 Å². The quantitative estimate of drug-likeness (QED) is 0.528. The van der Waals surface area contributed by atoms with E-state index in [4.69, 9.17) is 5.73 Å². The van der Waals surface area contributed by atoms with Crippen molar-refractivity contribution in [2.75, 3.05) is 19.6 Å². The van der Waals surface area contributed by atoms with Crippen LogP contribution in [0, 0.1) is 0 Å². The van der Waals surface area contributed by atoms with Crippen LogP contribution in [0.25, 0.3) is 0 Å². The lowest BCUT2D eigenvalue weighted by Gasteiger charge is -2.04. The maximum absolute atomic E-state index is 10.8. The number of rotatable bonds is 10. The van der Waals surface area contributed by atoms with Crippen molar-refractivity contribution in [2.24, 2.45) is 5.73 Å². The minimum Gasteiger partial charge on any atom is -0.356 e. The first-order valence-corrected chi connectivity index (χ1v) is 7.38. The first-order chi connectivity index (χ1) is 9.16. The van der Waals surface area contributed by atoms with Gasteiger partial charge < -0.3 is 16.4 Å². The highest BCUT2D eigenvalue weighted by Crippen LogP contribution is 2.04. The third-order valence-corrected chi connectivity index (χ3v) is 2.49. The lowest BCUT2D eigenvalue weighted by atomic mass is 10.1. The van der Waals surface area contributed by atoms with E-state index in [1.165, 1.54) is 19.8 Å². The topological polar surface area (TPSA) is 84.2 Å². The lowest BCUT2D eigenvalue weighted by Crippen LogP contribution is -2.30. The molecule has 0 aromatic carbocycles. The molecule has 5 nitrogen and oxygen atoms in total. The first kappa shape index (κ1) is 20.2. The molecular formula is C14H31N3O2. The highest BCUT2D eigenvalue weighted by atomic mass is 16.2. The summed E-state index contributed by atoms with van der Waals surface area (Å²) in [6.07, 6.45) is 6.70. The summed E-state index contributed by atoms with van der Waals surface area (Å²) in [6.45, 7) is 7.11. The molecule has 0 atom stereocenters. The molecule has 2 amide bonds. The van der Waals surface area contributed by atoms with Crippen LogP contribution in [-0.2, 0) is 9.59 Å². The second-order valence-corrected chi connectivity index (χ2v) is 4.16. The smallest absolute Gasteiger partial charge is 0.233 e. The zero-order valence-electron chi connectivity index (χ0n) is 12.8. The molecule has 19 heavy (non-hydrogen) atoms. The Morgan fingerprint density at radius 3 is 1.68 bits per heavy atom. The van der Waals surface area contributed by atoms with Crippen LogP contribution in [0.15, 0.2) is 0 Å². The van der Waals surface area contributed by atoms with Crippen molar-refractivity contribution < 1.29 is 9.59 Å². The third kappa shape index (κ3) is 19.4. The van der Waals surface area contributed by atoms with E-state index in [1.54, 1.807) is 0 Å². The van der Waals surface area contributed by atoms with Crippen LogP contribution in [0.3, 0.4) is 0 Å². The summed E-state index contributed by atoms with van der Waals surface area (Å²) in [7, 11) is 0. The first-order valence-electron chi connectivity index (χ1n) is 7.38. The summed E-state index contributed by atoms with van der Waals surface area (Å²) in [5.41, 5.74) is 5.16. The van der Waals surface area contributed by atoms with Crippen LogP contribution < -0.4 is 16.4 Å². The minimum absolute atomic E-state index is 0.0423. The number of nitrogens with two attached hydrogens (primary N) is 1. The standard InChI is InChI=1S/C12H25N3O2.C2H6/c1-11(16)14-8-6-4-2-3-5-7-9-15-12(17)10-13;1-2/h2-10,13H2,1H3,(H,14,16)(H,15,17);1-2H3. The SMILES string of the molecule is CC.CC(=O)NCCCCCCCCNC(=O)CN. The Balaban J connectivity index is 0. The Labute approximate surface area is 117 Å². The Kier molecular flexibility index (Phi) is 18.0. The van der Waals surface area contributed by atoms with Gasteiger partial charge in [0.2, 0.25) is 11.8 Å². The predicted octanol–water partition coefficient (Wildman–Crippen LogP) is 1.56. The molecule has 0 aliphatic heterocycles. The van der Waals surface area contributed by atoms with Crippen LogP contribution in [0.1, 0.15) is 59.3 Å². The fourth-order valence-electron chi connectivity index (χ4n) is 1.52. The molecule has 0 rings (SSSR count). The predicted molar refractivity (Wildman–Crippen MR) is 79.8 cm³/mol. The van der Waals surface area contributed by atoms with Gasteiger partial charge in [-0.05, 0) is 12.8 Å². The number of unbranched alkanes of at least 4 members (excludes halogenated alkanes) is 5. The van der Waals surface area contributed by atoms with Gasteiger partial charge in [-0.2, -0.15) is 0 Å².